The van der Waals surface area contributed by atoms with Gasteiger partial charge >= 0.3 is 41.8 Å². The van der Waals surface area contributed by atoms with Gasteiger partial charge in [0.2, 0.25) is 0 Å². The fourth-order valence-corrected chi connectivity index (χ4v) is 8.79. The van der Waals surface area contributed by atoms with Gasteiger partial charge in [-0.25, -0.2) is 24.0 Å². The van der Waals surface area contributed by atoms with Crippen LogP contribution in [0, 0.1) is 0 Å². The van der Waals surface area contributed by atoms with E-state index in [1.165, 1.54) is 67.8 Å². The minimum Gasteiger partial charge on any atom is -0.459 e. The molecule has 14 atom stereocenters. The predicted octanol–water partition coefficient (Wildman–Crippen LogP) is 4.19. The molecule has 5 aromatic rings. The second-order valence-electron chi connectivity index (χ2n) is 18.1. The van der Waals surface area contributed by atoms with E-state index >= 15 is 0 Å². The Balaban J connectivity index is 1.12. The van der Waals surface area contributed by atoms with E-state index in [4.69, 9.17) is 61.6 Å². The first-order chi connectivity index (χ1) is 38.2. The van der Waals surface area contributed by atoms with E-state index in [0.29, 0.717) is 0 Å². The fourth-order valence-electron chi connectivity index (χ4n) is 8.79. The molecule has 0 aromatic heterocycles. The van der Waals surface area contributed by atoms with Gasteiger partial charge in [-0.05, 0) is 60.7 Å². The zero-order valence-electron chi connectivity index (χ0n) is 42.7. The maximum absolute atomic E-state index is 13.9. The van der Waals surface area contributed by atoms with Crippen molar-refractivity contribution in [2.24, 2.45) is 0 Å². The number of carbonyl (C=O) groups is 7. The van der Waals surface area contributed by atoms with Crippen LogP contribution in [0.4, 0.5) is 0 Å². The summed E-state index contributed by atoms with van der Waals surface area (Å²) in [5.74, 6) is -6.19. The van der Waals surface area contributed by atoms with E-state index in [9.17, 15) is 43.8 Å². The lowest BCUT2D eigenvalue weighted by molar-refractivity contribution is -0.360. The highest BCUT2D eigenvalue weighted by Crippen LogP contribution is 2.36. The van der Waals surface area contributed by atoms with E-state index in [2.05, 4.69) is 0 Å². The summed E-state index contributed by atoms with van der Waals surface area (Å²) in [4.78, 5) is 93.7. The molecule has 3 aliphatic rings. The van der Waals surface area contributed by atoms with Crippen molar-refractivity contribution in [2.45, 2.75) is 99.9 Å². The van der Waals surface area contributed by atoms with Crippen molar-refractivity contribution in [2.75, 3.05) is 26.9 Å². The van der Waals surface area contributed by atoms with Gasteiger partial charge < -0.3 is 71.8 Å². The molecule has 8 rings (SSSR count). The topological polar surface area (TPSA) is 280 Å². The molecule has 3 aliphatic heterocycles. The molecule has 0 bridgehead atoms. The smallest absolute Gasteiger partial charge is 0.338 e. The van der Waals surface area contributed by atoms with Crippen molar-refractivity contribution in [1.82, 2.24) is 0 Å². The second kappa shape index (κ2) is 27.1. The molecule has 0 aliphatic carbocycles. The highest BCUT2D eigenvalue weighted by atomic mass is 16.8. The van der Waals surface area contributed by atoms with Gasteiger partial charge in [-0.1, -0.05) is 91.0 Å². The molecule has 0 amide bonds. The summed E-state index contributed by atoms with van der Waals surface area (Å²) < 4.78 is 77.8. The summed E-state index contributed by atoms with van der Waals surface area (Å²) in [5.41, 5.74) is 0.563. The Bertz CT molecular complexity index is 2840. The Morgan fingerprint density at radius 2 is 0.722 bits per heavy atom. The lowest BCUT2D eigenvalue weighted by atomic mass is 9.96. The third kappa shape index (κ3) is 14.6. The molecule has 3 saturated heterocycles. The third-order valence-corrected chi connectivity index (χ3v) is 12.6. The zero-order valence-corrected chi connectivity index (χ0v) is 42.7. The molecule has 22 heteroatoms. The van der Waals surface area contributed by atoms with Crippen molar-refractivity contribution in [3.05, 3.63) is 179 Å². The molecular weight excluding hydrogens is 1040 g/mol. The number of rotatable bonds is 20. The number of aliphatic hydroxyl groups is 2. The highest BCUT2D eigenvalue weighted by Gasteiger charge is 2.57. The molecule has 5 aromatic carbocycles. The number of hydrogen-bond acceptors (Lipinski definition) is 22. The number of methoxy groups -OCH3 is 1. The molecule has 79 heavy (non-hydrogen) atoms. The Kier molecular flexibility index (Phi) is 19.6. The average molecular weight is 1090 g/mol. The van der Waals surface area contributed by atoms with Crippen molar-refractivity contribution < 1.29 is 105 Å². The van der Waals surface area contributed by atoms with Crippen LogP contribution in [-0.2, 0) is 71.2 Å². The van der Waals surface area contributed by atoms with Crippen LogP contribution in [0.25, 0.3) is 0 Å². The third-order valence-electron chi connectivity index (χ3n) is 12.6. The van der Waals surface area contributed by atoms with Crippen LogP contribution in [0.1, 0.15) is 65.6 Å². The fraction of sp³-hybridized carbons (Fsp3) is 0.351. The first-order valence-electron chi connectivity index (χ1n) is 24.9. The molecule has 3 heterocycles. The SMILES string of the molecule is CO[C@H]1O[C@H](CO[C@@H]2O[C@@H](COC(=O)c3ccccc3)[C@H](OC(=O)c3ccccc3)[C@H]2OC(=O)c2ccccc2)[C@H](OC(C)=O)[C@H](O[C@@H]2O[C@H](COC(=O)c3ccccc3)[C@H](O)[C@H](O)[C@H]2OC(=O)c2ccccc2)[C@H]1OC(C)=O. The minimum absolute atomic E-state index is 0.0238. The van der Waals surface area contributed by atoms with E-state index in [1.807, 2.05) is 0 Å². The lowest BCUT2D eigenvalue weighted by Crippen LogP contribution is -2.66. The van der Waals surface area contributed by atoms with Crippen LogP contribution in [0.5, 0.6) is 0 Å². The van der Waals surface area contributed by atoms with E-state index in [0.717, 1.165) is 13.8 Å². The van der Waals surface area contributed by atoms with Crippen LogP contribution in [0.3, 0.4) is 0 Å². The standard InChI is InChI=1S/C57H56O22/c1-32(58)71-44-41(31-70-56-48(78-54(66)38-27-17-8-18-28-38)45(76-52(64)36-23-13-6-14-24-36)40(75-56)30-69-51(63)35-21-11-5-12-22-35)74-55(67-3)49(72-33(2)59)47(44)79-57-46(77-53(65)37-25-15-7-16-26-37)43(61)42(60)39(73-57)29-68-50(62)34-19-9-4-10-20-34/h4-28,39-49,55-57,60-61H,29-31H2,1-3H3/t39-,40+,41-,42+,43+,44+,45+,46-,47+,48-,49-,55+,56-,57+/m1/s1. The summed E-state index contributed by atoms with van der Waals surface area (Å²) in [6.07, 6.45) is -23.8. The molecule has 3 fully saturated rings. The molecule has 416 valence electrons. The van der Waals surface area contributed by atoms with Crippen molar-refractivity contribution in [1.29, 1.82) is 0 Å². The maximum atomic E-state index is 13.9. The van der Waals surface area contributed by atoms with Gasteiger partial charge in [0.25, 0.3) is 0 Å². The summed E-state index contributed by atoms with van der Waals surface area (Å²) in [6.45, 7) is 0.167. The number of carbonyl (C=O) groups excluding carboxylic acids is 7. The lowest BCUT2D eigenvalue weighted by Gasteiger charge is -2.48. The normalized spacial score (nSPS) is 27.3. The van der Waals surface area contributed by atoms with Gasteiger partial charge in [0.05, 0.1) is 34.4 Å². The van der Waals surface area contributed by atoms with Crippen molar-refractivity contribution in [3.8, 4) is 0 Å². The molecule has 0 saturated carbocycles. The Morgan fingerprint density at radius 1 is 0.380 bits per heavy atom. The van der Waals surface area contributed by atoms with Gasteiger partial charge in [0.1, 0.15) is 49.8 Å². The van der Waals surface area contributed by atoms with E-state index < -0.39 is 148 Å². The Labute approximate surface area is 452 Å². The van der Waals surface area contributed by atoms with Crippen LogP contribution in [0.15, 0.2) is 152 Å². The summed E-state index contributed by atoms with van der Waals surface area (Å²) in [6, 6.07) is 39.1. The van der Waals surface area contributed by atoms with E-state index in [1.54, 1.807) is 91.0 Å². The van der Waals surface area contributed by atoms with Crippen molar-refractivity contribution >= 4 is 41.8 Å². The van der Waals surface area contributed by atoms with Gasteiger partial charge in [-0.3, -0.25) is 9.59 Å². The monoisotopic (exact) mass is 1090 g/mol. The number of esters is 7. The summed E-state index contributed by atoms with van der Waals surface area (Å²) in [5, 5.41) is 23.2. The van der Waals surface area contributed by atoms with Gasteiger partial charge in [-0.2, -0.15) is 0 Å². The van der Waals surface area contributed by atoms with E-state index in [-0.39, 0.29) is 27.8 Å². The summed E-state index contributed by atoms with van der Waals surface area (Å²) >= 11 is 0. The van der Waals surface area contributed by atoms with Crippen molar-refractivity contribution in [3.63, 3.8) is 0 Å². The molecular formula is C57H56O22. The first-order valence-corrected chi connectivity index (χ1v) is 24.9. The Morgan fingerprint density at radius 3 is 1.16 bits per heavy atom. The first kappa shape index (κ1) is 57.3. The van der Waals surface area contributed by atoms with Gasteiger partial charge in [0, 0.05) is 21.0 Å². The largest absolute Gasteiger partial charge is 0.459 e. The average Bonchev–Trinajstić information content (AvgIpc) is 3.95. The Hall–Kier alpha value is -7.93. The van der Waals surface area contributed by atoms with Gasteiger partial charge in [-0.15, -0.1) is 0 Å². The molecule has 2 N–H and O–H groups in total. The van der Waals surface area contributed by atoms with Crippen LogP contribution < -0.4 is 0 Å². The molecule has 0 unspecified atom stereocenters. The predicted molar refractivity (Wildman–Crippen MR) is 267 cm³/mol. The number of benzene rings is 5. The quantitative estimate of drug-likeness (QED) is 0.0816. The number of aliphatic hydroxyl groups excluding tert-OH is 2. The highest BCUT2D eigenvalue weighted by molar-refractivity contribution is 5.91. The maximum Gasteiger partial charge on any atom is 0.338 e. The molecule has 0 radical (unpaired) electrons. The molecule has 0 spiro atoms. The minimum atomic E-state index is -2.01. The summed E-state index contributed by atoms with van der Waals surface area (Å²) in [7, 11) is 1.19. The second-order valence-corrected chi connectivity index (χ2v) is 18.1. The van der Waals surface area contributed by atoms with Crippen LogP contribution in [-0.4, -0.2) is 165 Å². The zero-order chi connectivity index (χ0) is 56.0. The molecule has 22 nitrogen and oxygen atoms in total. The van der Waals surface area contributed by atoms with Crippen LogP contribution >= 0.6 is 0 Å². The number of hydrogen-bond donors (Lipinski definition) is 2. The van der Waals surface area contributed by atoms with Gasteiger partial charge in [0.15, 0.2) is 49.4 Å². The number of ether oxygens (including phenoxy) is 13. The van der Waals surface area contributed by atoms with Crippen LogP contribution in [0.2, 0.25) is 0 Å².